The molecular weight excluding hydrogens is 308 g/mol. The average Bonchev–Trinajstić information content (AvgIpc) is 2.68. The van der Waals surface area contributed by atoms with Crippen molar-refractivity contribution in [2.24, 2.45) is 5.73 Å². The van der Waals surface area contributed by atoms with Crippen LogP contribution >= 0.6 is 0 Å². The second kappa shape index (κ2) is 8.90. The summed E-state index contributed by atoms with van der Waals surface area (Å²) in [5, 5.41) is 0. The van der Waals surface area contributed by atoms with Crippen LogP contribution in [0.5, 0.6) is 5.75 Å². The van der Waals surface area contributed by atoms with Gasteiger partial charge in [-0.25, -0.2) is 0 Å². The number of nitrogens with two attached hydrogens (primary N) is 1. The van der Waals surface area contributed by atoms with E-state index in [1.165, 1.54) is 11.1 Å². The van der Waals surface area contributed by atoms with E-state index in [0.29, 0.717) is 13.2 Å². The van der Waals surface area contributed by atoms with Crippen molar-refractivity contribution in [1.29, 1.82) is 0 Å². The van der Waals surface area contributed by atoms with E-state index in [2.05, 4.69) is 53.4 Å². The van der Waals surface area contributed by atoms with Crippen LogP contribution < -0.4 is 15.4 Å². The number of anilines is 1. The van der Waals surface area contributed by atoms with Gasteiger partial charge in [-0.15, -0.1) is 0 Å². The third-order valence-electron chi connectivity index (χ3n) is 4.07. The molecule has 0 amide bonds. The van der Waals surface area contributed by atoms with Crippen molar-refractivity contribution in [2.45, 2.75) is 13.2 Å². The van der Waals surface area contributed by atoms with Crippen LogP contribution in [0.15, 0.2) is 84.9 Å². The van der Waals surface area contributed by atoms with Crippen molar-refractivity contribution in [3.05, 3.63) is 96.1 Å². The highest BCUT2D eigenvalue weighted by Crippen LogP contribution is 2.22. The molecule has 128 valence electrons. The second-order valence-electron chi connectivity index (χ2n) is 5.96. The first-order chi connectivity index (χ1) is 12.3. The van der Waals surface area contributed by atoms with Gasteiger partial charge in [0.15, 0.2) is 0 Å². The minimum absolute atomic E-state index is 0.580. The van der Waals surface area contributed by atoms with Crippen LogP contribution in [0.25, 0.3) is 0 Å². The fourth-order valence-electron chi connectivity index (χ4n) is 2.75. The van der Waals surface area contributed by atoms with E-state index in [4.69, 9.17) is 10.5 Å². The summed E-state index contributed by atoms with van der Waals surface area (Å²) in [6, 6.07) is 28.9. The number of benzene rings is 3. The Morgan fingerprint density at radius 1 is 0.720 bits per heavy atom. The summed E-state index contributed by atoms with van der Waals surface area (Å²) < 4.78 is 5.86. The Kier molecular flexibility index (Phi) is 6.07. The molecule has 0 heterocycles. The number of hydrogen-bond donors (Lipinski definition) is 1. The van der Waals surface area contributed by atoms with Gasteiger partial charge in [-0.3, -0.25) is 0 Å². The fourth-order valence-corrected chi connectivity index (χ4v) is 2.75. The molecule has 0 aliphatic rings. The topological polar surface area (TPSA) is 38.5 Å². The summed E-state index contributed by atoms with van der Waals surface area (Å²) in [7, 11) is 0. The van der Waals surface area contributed by atoms with Gasteiger partial charge in [0.25, 0.3) is 0 Å². The zero-order valence-corrected chi connectivity index (χ0v) is 14.3. The molecule has 0 aromatic heterocycles. The Balaban J connectivity index is 1.64. The first kappa shape index (κ1) is 17.1. The molecule has 3 aromatic carbocycles. The maximum atomic E-state index is 5.86. The first-order valence-corrected chi connectivity index (χ1v) is 8.61. The first-order valence-electron chi connectivity index (χ1n) is 8.61. The SMILES string of the molecule is NCCN(Cc1ccccc1)c1ccc(OCc2ccccc2)cc1. The van der Waals surface area contributed by atoms with Gasteiger partial charge in [-0.1, -0.05) is 60.7 Å². The minimum atomic E-state index is 0.580. The molecular formula is C22H24N2O. The summed E-state index contributed by atoms with van der Waals surface area (Å²) in [5.74, 6) is 0.875. The summed E-state index contributed by atoms with van der Waals surface area (Å²) in [5.41, 5.74) is 9.40. The van der Waals surface area contributed by atoms with Gasteiger partial charge in [0.1, 0.15) is 12.4 Å². The van der Waals surface area contributed by atoms with Gasteiger partial charge < -0.3 is 15.4 Å². The van der Waals surface area contributed by atoms with Crippen molar-refractivity contribution in [2.75, 3.05) is 18.0 Å². The molecule has 3 nitrogen and oxygen atoms in total. The minimum Gasteiger partial charge on any atom is -0.489 e. The van der Waals surface area contributed by atoms with Crippen molar-refractivity contribution in [3.63, 3.8) is 0 Å². The molecule has 0 aliphatic heterocycles. The van der Waals surface area contributed by atoms with Gasteiger partial charge in [0, 0.05) is 25.3 Å². The van der Waals surface area contributed by atoms with Crippen LogP contribution in [-0.4, -0.2) is 13.1 Å². The Morgan fingerprint density at radius 2 is 1.32 bits per heavy atom. The van der Waals surface area contributed by atoms with Crippen LogP contribution in [0.3, 0.4) is 0 Å². The van der Waals surface area contributed by atoms with Crippen molar-refractivity contribution in [1.82, 2.24) is 0 Å². The maximum Gasteiger partial charge on any atom is 0.119 e. The third-order valence-corrected chi connectivity index (χ3v) is 4.07. The highest BCUT2D eigenvalue weighted by molar-refractivity contribution is 5.49. The van der Waals surface area contributed by atoms with E-state index in [0.717, 1.165) is 24.5 Å². The predicted octanol–water partition coefficient (Wildman–Crippen LogP) is 4.23. The molecule has 3 aromatic rings. The van der Waals surface area contributed by atoms with E-state index < -0.39 is 0 Å². The molecule has 0 radical (unpaired) electrons. The van der Waals surface area contributed by atoms with E-state index in [1.54, 1.807) is 0 Å². The number of rotatable bonds is 8. The summed E-state index contributed by atoms with van der Waals surface area (Å²) in [4.78, 5) is 2.29. The molecule has 3 heteroatoms. The molecule has 25 heavy (non-hydrogen) atoms. The highest BCUT2D eigenvalue weighted by atomic mass is 16.5. The van der Waals surface area contributed by atoms with Gasteiger partial charge >= 0.3 is 0 Å². The van der Waals surface area contributed by atoms with Crippen LogP contribution in [-0.2, 0) is 13.2 Å². The lowest BCUT2D eigenvalue weighted by Crippen LogP contribution is -2.28. The zero-order chi connectivity index (χ0) is 17.3. The van der Waals surface area contributed by atoms with E-state index in [-0.39, 0.29) is 0 Å². The zero-order valence-electron chi connectivity index (χ0n) is 14.3. The Morgan fingerprint density at radius 3 is 1.92 bits per heavy atom. The molecule has 3 rings (SSSR count). The molecule has 0 aliphatic carbocycles. The maximum absolute atomic E-state index is 5.86. The highest BCUT2D eigenvalue weighted by Gasteiger charge is 2.07. The lowest BCUT2D eigenvalue weighted by atomic mass is 10.2. The lowest BCUT2D eigenvalue weighted by Gasteiger charge is -2.24. The summed E-state index contributed by atoms with van der Waals surface area (Å²) in [6.45, 7) is 2.87. The predicted molar refractivity (Wildman–Crippen MR) is 104 cm³/mol. The van der Waals surface area contributed by atoms with Gasteiger partial charge in [-0.2, -0.15) is 0 Å². The molecule has 0 bridgehead atoms. The van der Waals surface area contributed by atoms with E-state index in [1.807, 2.05) is 36.4 Å². The van der Waals surface area contributed by atoms with Gasteiger partial charge in [0.2, 0.25) is 0 Å². The standard InChI is InChI=1S/C22H24N2O/c23-15-16-24(17-19-7-3-1-4-8-19)21-11-13-22(14-12-21)25-18-20-9-5-2-6-10-20/h1-14H,15-18,23H2. The molecule has 0 spiro atoms. The van der Waals surface area contributed by atoms with E-state index >= 15 is 0 Å². The average molecular weight is 332 g/mol. The normalized spacial score (nSPS) is 10.4. The molecule has 0 unspecified atom stereocenters. The number of hydrogen-bond acceptors (Lipinski definition) is 3. The van der Waals surface area contributed by atoms with Crippen molar-refractivity contribution in [3.8, 4) is 5.75 Å². The van der Waals surface area contributed by atoms with Crippen LogP contribution in [0.2, 0.25) is 0 Å². The largest absolute Gasteiger partial charge is 0.489 e. The molecule has 0 saturated heterocycles. The molecule has 0 atom stereocenters. The molecule has 0 fully saturated rings. The molecule has 2 N–H and O–H groups in total. The fraction of sp³-hybridized carbons (Fsp3) is 0.182. The van der Waals surface area contributed by atoms with Crippen LogP contribution in [0.4, 0.5) is 5.69 Å². The molecule has 0 saturated carbocycles. The van der Waals surface area contributed by atoms with Crippen LogP contribution in [0, 0.1) is 0 Å². The van der Waals surface area contributed by atoms with Gasteiger partial charge in [0.05, 0.1) is 0 Å². The smallest absolute Gasteiger partial charge is 0.119 e. The van der Waals surface area contributed by atoms with Crippen molar-refractivity contribution < 1.29 is 4.74 Å². The Hall–Kier alpha value is -2.78. The monoisotopic (exact) mass is 332 g/mol. The van der Waals surface area contributed by atoms with E-state index in [9.17, 15) is 0 Å². The quantitative estimate of drug-likeness (QED) is 0.671. The van der Waals surface area contributed by atoms with Crippen LogP contribution in [0.1, 0.15) is 11.1 Å². The number of ether oxygens (including phenoxy) is 1. The summed E-state index contributed by atoms with van der Waals surface area (Å²) in [6.07, 6.45) is 0. The summed E-state index contributed by atoms with van der Waals surface area (Å²) >= 11 is 0. The van der Waals surface area contributed by atoms with Crippen molar-refractivity contribution >= 4 is 5.69 Å². The van der Waals surface area contributed by atoms with Gasteiger partial charge in [-0.05, 0) is 35.4 Å². The Bertz CT molecular complexity index is 742. The lowest BCUT2D eigenvalue weighted by molar-refractivity contribution is 0.306. The Labute approximate surface area is 149 Å². The third kappa shape index (κ3) is 5.10. The second-order valence-corrected chi connectivity index (χ2v) is 5.96. The number of nitrogens with zero attached hydrogens (tertiary/aromatic N) is 1.